The van der Waals surface area contributed by atoms with Crippen LogP contribution in [0.3, 0.4) is 0 Å². The first-order valence-corrected chi connectivity index (χ1v) is 10.0. The predicted molar refractivity (Wildman–Crippen MR) is 111 cm³/mol. The molecular weight excluding hydrogens is 372 g/mol. The molecule has 7 heteroatoms. The Kier molecular flexibility index (Phi) is 6.36. The van der Waals surface area contributed by atoms with E-state index in [0.29, 0.717) is 5.82 Å². The van der Waals surface area contributed by atoms with E-state index in [4.69, 9.17) is 4.74 Å². The minimum Gasteiger partial charge on any atom is -0.497 e. The summed E-state index contributed by atoms with van der Waals surface area (Å²) in [7, 11) is 1.66. The van der Waals surface area contributed by atoms with E-state index in [9.17, 15) is 4.79 Å². The van der Waals surface area contributed by atoms with Crippen LogP contribution in [0.2, 0.25) is 0 Å². The number of aromatic nitrogens is 3. The van der Waals surface area contributed by atoms with E-state index in [0.717, 1.165) is 27.9 Å². The molecule has 0 saturated carbocycles. The van der Waals surface area contributed by atoms with Gasteiger partial charge in [0.15, 0.2) is 11.0 Å². The maximum Gasteiger partial charge on any atom is 0.217 e. The molecule has 0 aliphatic carbocycles. The minimum absolute atomic E-state index is 0.100. The number of carbonyl (C=O) groups is 1. The van der Waals surface area contributed by atoms with Crippen molar-refractivity contribution in [1.82, 2.24) is 20.1 Å². The topological polar surface area (TPSA) is 69.0 Å². The molecule has 1 amide bonds. The molecule has 3 aromatic rings. The Labute approximate surface area is 169 Å². The average molecular weight is 397 g/mol. The van der Waals surface area contributed by atoms with Crippen LogP contribution in [0.25, 0.3) is 5.69 Å². The van der Waals surface area contributed by atoms with Gasteiger partial charge in [0, 0.05) is 18.4 Å². The average Bonchev–Trinajstić information content (AvgIpc) is 3.11. The van der Waals surface area contributed by atoms with Gasteiger partial charge in [0.25, 0.3) is 0 Å². The standard InChI is InChI=1S/C21H24N4O2S/c1-14-8-10-18(11-9-14)25-20(15(2)22-16(3)26)23-24-21(25)28-13-17-6-5-7-19(12-17)27-4/h5-12,15H,13H2,1-4H3,(H,22,26)/t15-/m0/s1. The van der Waals surface area contributed by atoms with Crippen LogP contribution in [-0.4, -0.2) is 27.8 Å². The number of rotatable bonds is 7. The highest BCUT2D eigenvalue weighted by Gasteiger charge is 2.20. The number of ether oxygens (including phenoxy) is 1. The molecule has 2 aromatic carbocycles. The summed E-state index contributed by atoms with van der Waals surface area (Å²) in [5, 5.41) is 12.4. The lowest BCUT2D eigenvalue weighted by Crippen LogP contribution is -2.26. The van der Waals surface area contributed by atoms with Crippen molar-refractivity contribution in [2.24, 2.45) is 0 Å². The van der Waals surface area contributed by atoms with Crippen molar-refractivity contribution in [1.29, 1.82) is 0 Å². The van der Waals surface area contributed by atoms with Crippen LogP contribution in [0.4, 0.5) is 0 Å². The number of amides is 1. The van der Waals surface area contributed by atoms with Crippen LogP contribution < -0.4 is 10.1 Å². The zero-order chi connectivity index (χ0) is 20.1. The maximum atomic E-state index is 11.5. The number of nitrogens with one attached hydrogen (secondary N) is 1. The lowest BCUT2D eigenvalue weighted by Gasteiger charge is -2.15. The third-order valence-corrected chi connectivity index (χ3v) is 5.26. The van der Waals surface area contributed by atoms with Gasteiger partial charge in [0.05, 0.1) is 13.2 Å². The molecule has 0 bridgehead atoms. The predicted octanol–water partition coefficient (Wildman–Crippen LogP) is 4.07. The van der Waals surface area contributed by atoms with Gasteiger partial charge in [0.1, 0.15) is 5.75 Å². The lowest BCUT2D eigenvalue weighted by atomic mass is 10.2. The van der Waals surface area contributed by atoms with E-state index >= 15 is 0 Å². The number of nitrogens with zero attached hydrogens (tertiary/aromatic N) is 3. The van der Waals surface area contributed by atoms with Crippen molar-refractivity contribution in [2.75, 3.05) is 7.11 Å². The number of carbonyl (C=O) groups excluding carboxylic acids is 1. The molecular formula is C21H24N4O2S. The van der Waals surface area contributed by atoms with Crippen molar-refractivity contribution in [3.8, 4) is 11.4 Å². The van der Waals surface area contributed by atoms with E-state index in [1.807, 2.05) is 41.8 Å². The maximum absolute atomic E-state index is 11.5. The Morgan fingerprint density at radius 2 is 1.96 bits per heavy atom. The number of hydrogen-bond donors (Lipinski definition) is 1. The van der Waals surface area contributed by atoms with Crippen molar-refractivity contribution in [3.63, 3.8) is 0 Å². The van der Waals surface area contributed by atoms with Gasteiger partial charge >= 0.3 is 0 Å². The molecule has 1 aromatic heterocycles. The number of benzene rings is 2. The highest BCUT2D eigenvalue weighted by Crippen LogP contribution is 2.28. The molecule has 1 atom stereocenters. The summed E-state index contributed by atoms with van der Waals surface area (Å²) in [6.45, 7) is 5.46. The second-order valence-corrected chi connectivity index (χ2v) is 7.52. The fourth-order valence-corrected chi connectivity index (χ4v) is 3.77. The Morgan fingerprint density at radius 3 is 2.64 bits per heavy atom. The molecule has 3 rings (SSSR count). The molecule has 146 valence electrons. The third-order valence-electron chi connectivity index (χ3n) is 4.26. The molecule has 0 unspecified atom stereocenters. The van der Waals surface area contributed by atoms with Crippen LogP contribution in [0, 0.1) is 6.92 Å². The highest BCUT2D eigenvalue weighted by atomic mass is 32.2. The van der Waals surface area contributed by atoms with Crippen LogP contribution in [-0.2, 0) is 10.5 Å². The summed E-state index contributed by atoms with van der Waals surface area (Å²) in [4.78, 5) is 11.5. The molecule has 1 N–H and O–H groups in total. The number of thioether (sulfide) groups is 1. The zero-order valence-electron chi connectivity index (χ0n) is 16.5. The van der Waals surface area contributed by atoms with E-state index < -0.39 is 0 Å². The van der Waals surface area contributed by atoms with Crippen LogP contribution >= 0.6 is 11.8 Å². The van der Waals surface area contributed by atoms with Gasteiger partial charge in [-0.3, -0.25) is 9.36 Å². The second-order valence-electron chi connectivity index (χ2n) is 6.57. The van der Waals surface area contributed by atoms with E-state index in [1.165, 1.54) is 12.5 Å². The summed E-state index contributed by atoms with van der Waals surface area (Å²) in [5.74, 6) is 2.16. The van der Waals surface area contributed by atoms with E-state index in [1.54, 1.807) is 18.9 Å². The quantitative estimate of drug-likeness (QED) is 0.610. The summed E-state index contributed by atoms with van der Waals surface area (Å²) in [6.07, 6.45) is 0. The molecule has 1 heterocycles. The van der Waals surface area contributed by atoms with Crippen LogP contribution in [0.1, 0.15) is 36.8 Å². The molecule has 0 fully saturated rings. The fraction of sp³-hybridized carbons (Fsp3) is 0.286. The number of hydrogen-bond acceptors (Lipinski definition) is 5. The third kappa shape index (κ3) is 4.72. The minimum atomic E-state index is -0.252. The van der Waals surface area contributed by atoms with Crippen molar-refractivity contribution < 1.29 is 9.53 Å². The van der Waals surface area contributed by atoms with Gasteiger partial charge in [-0.1, -0.05) is 41.6 Å². The fourth-order valence-electron chi connectivity index (χ4n) is 2.87. The first-order chi connectivity index (χ1) is 13.5. The van der Waals surface area contributed by atoms with Gasteiger partial charge in [-0.05, 0) is 43.7 Å². The first-order valence-electron chi connectivity index (χ1n) is 9.03. The smallest absolute Gasteiger partial charge is 0.217 e. The van der Waals surface area contributed by atoms with Gasteiger partial charge in [-0.15, -0.1) is 10.2 Å². The Hall–Kier alpha value is -2.80. The number of aryl methyl sites for hydroxylation is 1. The Morgan fingerprint density at radius 1 is 1.21 bits per heavy atom. The van der Waals surface area contributed by atoms with E-state index in [2.05, 4.69) is 40.6 Å². The van der Waals surface area contributed by atoms with E-state index in [-0.39, 0.29) is 11.9 Å². The second kappa shape index (κ2) is 8.93. The summed E-state index contributed by atoms with van der Waals surface area (Å²) >= 11 is 1.60. The van der Waals surface area contributed by atoms with Gasteiger partial charge in [-0.2, -0.15) is 0 Å². The van der Waals surface area contributed by atoms with Gasteiger partial charge < -0.3 is 10.1 Å². The van der Waals surface area contributed by atoms with Crippen LogP contribution in [0.5, 0.6) is 5.75 Å². The van der Waals surface area contributed by atoms with Crippen molar-refractivity contribution >= 4 is 17.7 Å². The first kappa shape index (κ1) is 19.9. The molecule has 6 nitrogen and oxygen atoms in total. The largest absolute Gasteiger partial charge is 0.497 e. The zero-order valence-corrected chi connectivity index (χ0v) is 17.3. The Balaban J connectivity index is 1.92. The summed E-state index contributed by atoms with van der Waals surface area (Å²) < 4.78 is 7.31. The highest BCUT2D eigenvalue weighted by molar-refractivity contribution is 7.98. The number of methoxy groups -OCH3 is 1. The summed E-state index contributed by atoms with van der Waals surface area (Å²) in [5.41, 5.74) is 3.29. The van der Waals surface area contributed by atoms with Crippen molar-refractivity contribution in [3.05, 3.63) is 65.5 Å². The molecule has 0 radical (unpaired) electrons. The monoisotopic (exact) mass is 396 g/mol. The molecule has 0 saturated heterocycles. The normalized spacial score (nSPS) is 11.9. The molecule has 0 aliphatic heterocycles. The van der Waals surface area contributed by atoms with Crippen molar-refractivity contribution in [2.45, 2.75) is 37.7 Å². The molecule has 28 heavy (non-hydrogen) atoms. The molecule has 0 aliphatic rings. The SMILES string of the molecule is COc1cccc(CSc2nnc([C@H](C)NC(C)=O)n2-c2ccc(C)cc2)c1. The Bertz CT molecular complexity index is 953. The summed E-state index contributed by atoms with van der Waals surface area (Å²) in [6, 6.07) is 15.9. The van der Waals surface area contributed by atoms with Crippen LogP contribution in [0.15, 0.2) is 53.7 Å². The molecule has 0 spiro atoms. The lowest BCUT2D eigenvalue weighted by molar-refractivity contribution is -0.119. The van der Waals surface area contributed by atoms with Gasteiger partial charge in [0.2, 0.25) is 5.91 Å². The van der Waals surface area contributed by atoms with Gasteiger partial charge in [-0.25, -0.2) is 0 Å².